The summed E-state index contributed by atoms with van der Waals surface area (Å²) in [5.74, 6) is 2.82. The molecule has 1 aliphatic heterocycles. The van der Waals surface area contributed by atoms with E-state index in [1.807, 2.05) is 41.0 Å². The second-order valence-corrected chi connectivity index (χ2v) is 8.15. The summed E-state index contributed by atoms with van der Waals surface area (Å²) in [6.45, 7) is 4.10. The maximum Gasteiger partial charge on any atom is 0.167 e. The van der Waals surface area contributed by atoms with Crippen molar-refractivity contribution in [2.75, 3.05) is 20.8 Å². The van der Waals surface area contributed by atoms with E-state index in [0.29, 0.717) is 28.8 Å². The first kappa shape index (κ1) is 21.6. The summed E-state index contributed by atoms with van der Waals surface area (Å²) < 4.78 is 19.8. The predicted octanol–water partition coefficient (Wildman–Crippen LogP) is 4.60. The van der Waals surface area contributed by atoms with Gasteiger partial charge >= 0.3 is 0 Å². The average Bonchev–Trinajstić information content (AvgIpc) is 3.16. The van der Waals surface area contributed by atoms with Gasteiger partial charge in [0.1, 0.15) is 18.0 Å². The van der Waals surface area contributed by atoms with Crippen LogP contribution in [0.1, 0.15) is 61.2 Å². The highest BCUT2D eigenvalue weighted by atomic mass is 35.5. The van der Waals surface area contributed by atoms with Crippen molar-refractivity contribution in [3.05, 3.63) is 64.2 Å². The summed E-state index contributed by atoms with van der Waals surface area (Å²) in [6.07, 6.45) is -0.616. The van der Waals surface area contributed by atoms with Gasteiger partial charge in [-0.3, -0.25) is 4.57 Å². The van der Waals surface area contributed by atoms with Gasteiger partial charge in [-0.25, -0.2) is 0 Å². The fourth-order valence-corrected chi connectivity index (χ4v) is 4.23. The molecule has 0 aliphatic carbocycles. The van der Waals surface area contributed by atoms with E-state index in [-0.39, 0.29) is 12.5 Å². The van der Waals surface area contributed by atoms with Gasteiger partial charge in [0.05, 0.1) is 19.9 Å². The Morgan fingerprint density at radius 2 is 1.94 bits per heavy atom. The standard InChI is InChI=1S/C23H26ClN3O4/c1-13(2)22-25-26-23-19(10-11-28)31-20(15-6-5-7-18(29-3)21(15)30-4)16-12-14(24)8-9-17(16)27(22)23/h5-9,12-13,19-20,28H,10-11H2,1-4H3/t19-,20-/m0/s1. The minimum atomic E-state index is -0.517. The Bertz CT molecular complexity index is 1080. The SMILES string of the molecule is COc1cccc([C@@H]2O[C@@H](CCO)c3nnc(C(C)C)n3-c3ccc(Cl)cc32)c1OC. The van der Waals surface area contributed by atoms with Crippen molar-refractivity contribution in [2.45, 2.75) is 38.4 Å². The zero-order valence-corrected chi connectivity index (χ0v) is 18.8. The van der Waals surface area contributed by atoms with Crippen LogP contribution in [0.25, 0.3) is 5.69 Å². The number of halogens is 1. The van der Waals surface area contributed by atoms with Crippen LogP contribution < -0.4 is 9.47 Å². The van der Waals surface area contributed by atoms with Gasteiger partial charge in [-0.2, -0.15) is 0 Å². The van der Waals surface area contributed by atoms with Crippen LogP contribution in [0.2, 0.25) is 5.02 Å². The Morgan fingerprint density at radius 1 is 1.13 bits per heavy atom. The smallest absolute Gasteiger partial charge is 0.167 e. The first-order valence-corrected chi connectivity index (χ1v) is 10.6. The van der Waals surface area contributed by atoms with Crippen LogP contribution in [-0.2, 0) is 4.74 Å². The van der Waals surface area contributed by atoms with Gasteiger partial charge in [0, 0.05) is 35.1 Å². The molecule has 0 unspecified atom stereocenters. The Morgan fingerprint density at radius 3 is 2.61 bits per heavy atom. The number of aliphatic hydroxyl groups is 1. The van der Waals surface area contributed by atoms with Crippen molar-refractivity contribution in [3.63, 3.8) is 0 Å². The van der Waals surface area contributed by atoms with Crippen LogP contribution in [0.3, 0.4) is 0 Å². The van der Waals surface area contributed by atoms with Crippen molar-refractivity contribution in [2.24, 2.45) is 0 Å². The number of hydrogen-bond acceptors (Lipinski definition) is 6. The normalized spacial score (nSPS) is 17.8. The monoisotopic (exact) mass is 443 g/mol. The molecule has 2 heterocycles. The largest absolute Gasteiger partial charge is 0.493 e. The number of fused-ring (bicyclic) bond motifs is 3. The van der Waals surface area contributed by atoms with E-state index in [9.17, 15) is 5.11 Å². The van der Waals surface area contributed by atoms with Gasteiger partial charge in [0.25, 0.3) is 0 Å². The molecule has 0 amide bonds. The maximum absolute atomic E-state index is 9.75. The molecule has 0 saturated carbocycles. The third kappa shape index (κ3) is 3.78. The van der Waals surface area contributed by atoms with E-state index in [0.717, 1.165) is 22.6 Å². The van der Waals surface area contributed by atoms with Gasteiger partial charge in [-0.05, 0) is 24.3 Å². The molecule has 1 aromatic heterocycles. The molecule has 8 heteroatoms. The van der Waals surface area contributed by atoms with E-state index in [1.54, 1.807) is 14.2 Å². The van der Waals surface area contributed by atoms with E-state index in [1.165, 1.54) is 0 Å². The van der Waals surface area contributed by atoms with Crippen LogP contribution in [-0.4, -0.2) is 40.7 Å². The lowest BCUT2D eigenvalue weighted by molar-refractivity contribution is -0.00986. The van der Waals surface area contributed by atoms with Crippen LogP contribution in [0.4, 0.5) is 0 Å². The second-order valence-electron chi connectivity index (χ2n) is 7.71. The fraction of sp³-hybridized carbons (Fsp3) is 0.391. The number of rotatable bonds is 6. The number of aromatic nitrogens is 3. The molecule has 0 spiro atoms. The van der Waals surface area contributed by atoms with E-state index in [4.69, 9.17) is 25.8 Å². The molecular formula is C23H26ClN3O4. The summed E-state index contributed by atoms with van der Waals surface area (Å²) in [4.78, 5) is 0. The van der Waals surface area contributed by atoms with Crippen molar-refractivity contribution in [1.29, 1.82) is 0 Å². The summed E-state index contributed by atoms with van der Waals surface area (Å²) in [5, 5.41) is 19.2. The lowest BCUT2D eigenvalue weighted by Gasteiger charge is -2.24. The molecule has 1 N–H and O–H groups in total. The third-order valence-corrected chi connectivity index (χ3v) is 5.67. The minimum absolute atomic E-state index is 0.0480. The highest BCUT2D eigenvalue weighted by molar-refractivity contribution is 6.30. The summed E-state index contributed by atoms with van der Waals surface area (Å²) >= 11 is 6.42. The number of methoxy groups -OCH3 is 2. The number of hydrogen-bond donors (Lipinski definition) is 1. The van der Waals surface area contributed by atoms with Gasteiger partial charge in [0.2, 0.25) is 0 Å². The lowest BCUT2D eigenvalue weighted by atomic mass is 9.98. The zero-order valence-electron chi connectivity index (χ0n) is 18.0. The Hall–Kier alpha value is -2.61. The molecule has 164 valence electrons. The number of aliphatic hydroxyl groups excluding tert-OH is 1. The van der Waals surface area contributed by atoms with Crippen LogP contribution in [0, 0.1) is 0 Å². The number of benzene rings is 2. The van der Waals surface area contributed by atoms with Crippen LogP contribution >= 0.6 is 11.6 Å². The van der Waals surface area contributed by atoms with Gasteiger partial charge in [-0.15, -0.1) is 10.2 Å². The first-order valence-electron chi connectivity index (χ1n) is 10.2. The molecule has 1 aliphatic rings. The highest BCUT2D eigenvalue weighted by Crippen LogP contribution is 2.46. The molecule has 2 aromatic carbocycles. The molecule has 7 nitrogen and oxygen atoms in total. The fourth-order valence-electron chi connectivity index (χ4n) is 4.05. The van der Waals surface area contributed by atoms with Crippen LogP contribution in [0.15, 0.2) is 36.4 Å². The van der Waals surface area contributed by atoms with Gasteiger partial charge in [0.15, 0.2) is 17.3 Å². The van der Waals surface area contributed by atoms with Crippen LogP contribution in [0.5, 0.6) is 11.5 Å². The number of nitrogens with zero attached hydrogens (tertiary/aromatic N) is 3. The lowest BCUT2D eigenvalue weighted by Crippen LogP contribution is -2.14. The Balaban J connectivity index is 2.00. The molecule has 4 rings (SSSR count). The van der Waals surface area contributed by atoms with E-state index >= 15 is 0 Å². The van der Waals surface area contributed by atoms with Crippen molar-refractivity contribution in [1.82, 2.24) is 14.8 Å². The Kier molecular flexibility index (Phi) is 6.18. The van der Waals surface area contributed by atoms with Crippen molar-refractivity contribution < 1.29 is 19.3 Å². The minimum Gasteiger partial charge on any atom is -0.493 e. The molecule has 2 atom stereocenters. The van der Waals surface area contributed by atoms with Crippen molar-refractivity contribution >= 4 is 11.6 Å². The van der Waals surface area contributed by atoms with Gasteiger partial charge in [-0.1, -0.05) is 37.6 Å². The first-order chi connectivity index (χ1) is 15.0. The van der Waals surface area contributed by atoms with E-state index < -0.39 is 12.2 Å². The second kappa shape index (κ2) is 8.86. The number of ether oxygens (including phenoxy) is 3. The molecule has 3 aromatic rings. The zero-order chi connectivity index (χ0) is 22.1. The Labute approximate surface area is 186 Å². The quantitative estimate of drug-likeness (QED) is 0.599. The topological polar surface area (TPSA) is 78.6 Å². The highest BCUT2D eigenvalue weighted by Gasteiger charge is 2.35. The predicted molar refractivity (Wildman–Crippen MR) is 117 cm³/mol. The van der Waals surface area contributed by atoms with E-state index in [2.05, 4.69) is 24.0 Å². The summed E-state index contributed by atoms with van der Waals surface area (Å²) in [6, 6.07) is 11.4. The third-order valence-electron chi connectivity index (χ3n) is 5.44. The molecule has 31 heavy (non-hydrogen) atoms. The maximum atomic E-state index is 9.75. The molecule has 0 radical (unpaired) electrons. The molecule has 0 fully saturated rings. The average molecular weight is 444 g/mol. The summed E-state index contributed by atoms with van der Waals surface area (Å²) in [7, 11) is 3.21. The number of para-hydroxylation sites is 1. The molecule has 0 bridgehead atoms. The van der Waals surface area contributed by atoms with Crippen molar-refractivity contribution in [3.8, 4) is 17.2 Å². The van der Waals surface area contributed by atoms with Gasteiger partial charge < -0.3 is 19.3 Å². The molecule has 0 saturated heterocycles. The summed E-state index contributed by atoms with van der Waals surface area (Å²) in [5.41, 5.74) is 2.56. The molecular weight excluding hydrogens is 418 g/mol.